The van der Waals surface area contributed by atoms with Crippen LogP contribution in [-0.4, -0.2) is 57.2 Å². The van der Waals surface area contributed by atoms with Gasteiger partial charge in [0.25, 0.3) is 0 Å². The second-order valence-corrected chi connectivity index (χ2v) is 8.80. The van der Waals surface area contributed by atoms with E-state index in [9.17, 15) is 14.0 Å². The molecule has 0 spiro atoms. The summed E-state index contributed by atoms with van der Waals surface area (Å²) in [5.74, 6) is 1.31. The smallest absolute Gasteiger partial charge is 0.249 e. The lowest BCUT2D eigenvalue weighted by Gasteiger charge is -2.32. The number of fused-ring (bicyclic) bond motifs is 1. The van der Waals surface area contributed by atoms with Crippen molar-refractivity contribution in [1.82, 2.24) is 30.3 Å². The number of benzene rings is 1. The summed E-state index contributed by atoms with van der Waals surface area (Å²) in [6.45, 7) is 5.16. The summed E-state index contributed by atoms with van der Waals surface area (Å²) in [6.07, 6.45) is 2.48. The fourth-order valence-electron chi connectivity index (χ4n) is 4.85. The lowest BCUT2D eigenvalue weighted by atomic mass is 9.89. The normalized spacial score (nSPS) is 22.5. The average molecular weight is 442 g/mol. The molecular formula is C22H28FN7O2. The summed E-state index contributed by atoms with van der Waals surface area (Å²) < 4.78 is 17.1. The van der Waals surface area contributed by atoms with Gasteiger partial charge in [-0.1, -0.05) is 6.07 Å². The quantitative estimate of drug-likeness (QED) is 0.598. The first-order valence-corrected chi connectivity index (χ1v) is 11.3. The van der Waals surface area contributed by atoms with Gasteiger partial charge in [-0.15, -0.1) is 10.2 Å². The SMILES string of the molecule is O=C1CCC(Nc2ccc(C3CCN(Cc4nnc5n4CCNC5)CC3)c(F)c2)C(=O)N1. The van der Waals surface area contributed by atoms with E-state index in [1.165, 1.54) is 6.07 Å². The van der Waals surface area contributed by atoms with Crippen LogP contribution in [0.5, 0.6) is 0 Å². The zero-order valence-electron chi connectivity index (χ0n) is 17.9. The number of hydrogen-bond donors (Lipinski definition) is 3. The molecule has 3 N–H and O–H groups in total. The number of aromatic nitrogens is 3. The second-order valence-electron chi connectivity index (χ2n) is 8.80. The molecule has 0 bridgehead atoms. The van der Waals surface area contributed by atoms with Crippen LogP contribution in [-0.2, 0) is 29.2 Å². The molecule has 0 aliphatic carbocycles. The number of likely N-dealkylation sites (tertiary alicyclic amines) is 1. The molecule has 9 nitrogen and oxygen atoms in total. The van der Waals surface area contributed by atoms with E-state index in [0.29, 0.717) is 12.1 Å². The van der Waals surface area contributed by atoms with Gasteiger partial charge in [0.2, 0.25) is 11.8 Å². The number of carbonyl (C=O) groups is 2. The predicted molar refractivity (Wildman–Crippen MR) is 115 cm³/mol. The van der Waals surface area contributed by atoms with E-state index in [2.05, 4.69) is 35.6 Å². The monoisotopic (exact) mass is 441 g/mol. The van der Waals surface area contributed by atoms with Crippen molar-refractivity contribution in [2.75, 3.05) is 25.0 Å². The minimum absolute atomic E-state index is 0.174. The van der Waals surface area contributed by atoms with Gasteiger partial charge in [0.05, 0.1) is 13.1 Å². The highest BCUT2D eigenvalue weighted by Gasteiger charge is 2.28. The number of nitrogens with one attached hydrogen (secondary N) is 3. The van der Waals surface area contributed by atoms with Crippen LogP contribution in [0.2, 0.25) is 0 Å². The van der Waals surface area contributed by atoms with Crippen molar-refractivity contribution in [3.8, 4) is 0 Å². The van der Waals surface area contributed by atoms with Gasteiger partial charge in [-0.2, -0.15) is 0 Å². The maximum absolute atomic E-state index is 14.9. The van der Waals surface area contributed by atoms with Crippen molar-refractivity contribution in [2.24, 2.45) is 0 Å². The van der Waals surface area contributed by atoms with Crippen LogP contribution in [0.15, 0.2) is 18.2 Å². The summed E-state index contributed by atoms with van der Waals surface area (Å²) in [5, 5.41) is 17.3. The molecule has 3 aliphatic rings. The van der Waals surface area contributed by atoms with Crippen molar-refractivity contribution in [3.05, 3.63) is 41.2 Å². The molecule has 1 atom stereocenters. The Hall–Kier alpha value is -2.85. The number of hydrogen-bond acceptors (Lipinski definition) is 7. The van der Waals surface area contributed by atoms with E-state index in [1.807, 2.05) is 12.1 Å². The number of anilines is 1. The minimum Gasteiger partial charge on any atom is -0.374 e. The third-order valence-electron chi connectivity index (χ3n) is 6.67. The number of rotatable bonds is 5. The Kier molecular flexibility index (Phi) is 5.88. The molecule has 2 amide bonds. The lowest BCUT2D eigenvalue weighted by molar-refractivity contribution is -0.133. The van der Waals surface area contributed by atoms with E-state index in [1.54, 1.807) is 0 Å². The van der Waals surface area contributed by atoms with Crippen LogP contribution in [0.1, 0.15) is 48.8 Å². The Balaban J connectivity index is 1.17. The van der Waals surface area contributed by atoms with Crippen molar-refractivity contribution >= 4 is 17.5 Å². The average Bonchev–Trinajstić information content (AvgIpc) is 3.19. The Morgan fingerprint density at radius 1 is 1.12 bits per heavy atom. The third-order valence-corrected chi connectivity index (χ3v) is 6.67. The van der Waals surface area contributed by atoms with Gasteiger partial charge in [0.1, 0.15) is 23.5 Å². The Morgan fingerprint density at radius 3 is 2.75 bits per heavy atom. The summed E-state index contributed by atoms with van der Waals surface area (Å²) in [6, 6.07) is 4.60. The molecule has 5 rings (SSSR count). The summed E-state index contributed by atoms with van der Waals surface area (Å²) in [7, 11) is 0. The van der Waals surface area contributed by atoms with Gasteiger partial charge in [0, 0.05) is 25.2 Å². The summed E-state index contributed by atoms with van der Waals surface area (Å²) >= 11 is 0. The molecule has 1 aromatic carbocycles. The molecule has 3 aliphatic heterocycles. The van der Waals surface area contributed by atoms with Crippen LogP contribution < -0.4 is 16.0 Å². The molecule has 2 saturated heterocycles. The number of halogens is 1. The highest BCUT2D eigenvalue weighted by atomic mass is 19.1. The van der Waals surface area contributed by atoms with Gasteiger partial charge >= 0.3 is 0 Å². The van der Waals surface area contributed by atoms with Crippen molar-refractivity contribution in [1.29, 1.82) is 0 Å². The molecule has 170 valence electrons. The lowest BCUT2D eigenvalue weighted by Crippen LogP contribution is -2.47. The fraction of sp³-hybridized carbons (Fsp3) is 0.545. The highest BCUT2D eigenvalue weighted by Crippen LogP contribution is 2.32. The standard InChI is InChI=1S/C22H28FN7O2/c23-17-11-15(25-18-3-4-21(31)26-22(18)32)1-2-16(17)14-5-8-29(9-6-14)13-20-28-27-19-12-24-7-10-30(19)20/h1-2,11,14,18,24-25H,3-10,12-13H2,(H,26,31,32). The number of carbonyl (C=O) groups excluding carboxylic acids is 2. The molecule has 1 unspecified atom stereocenters. The van der Waals surface area contributed by atoms with E-state index in [0.717, 1.165) is 69.3 Å². The molecule has 1 aromatic heterocycles. The largest absolute Gasteiger partial charge is 0.374 e. The molecule has 0 saturated carbocycles. The predicted octanol–water partition coefficient (Wildman–Crippen LogP) is 1.12. The van der Waals surface area contributed by atoms with Gasteiger partial charge in [-0.05, 0) is 56.0 Å². The molecule has 10 heteroatoms. The van der Waals surface area contributed by atoms with E-state index in [4.69, 9.17) is 0 Å². The minimum atomic E-state index is -0.514. The first-order chi connectivity index (χ1) is 15.6. The van der Waals surface area contributed by atoms with Crippen LogP contribution in [0.4, 0.5) is 10.1 Å². The van der Waals surface area contributed by atoms with Crippen LogP contribution in [0.3, 0.4) is 0 Å². The van der Waals surface area contributed by atoms with Crippen molar-refractivity contribution < 1.29 is 14.0 Å². The molecule has 2 aromatic rings. The highest BCUT2D eigenvalue weighted by molar-refractivity contribution is 6.01. The number of imide groups is 1. The number of piperidine rings is 2. The number of nitrogens with zero attached hydrogens (tertiary/aromatic N) is 4. The molecule has 4 heterocycles. The maximum atomic E-state index is 14.9. The van der Waals surface area contributed by atoms with E-state index >= 15 is 0 Å². The van der Waals surface area contributed by atoms with Gasteiger partial charge in [-0.25, -0.2) is 4.39 Å². The first kappa shape index (κ1) is 21.0. The van der Waals surface area contributed by atoms with Gasteiger partial charge in [0.15, 0.2) is 0 Å². The maximum Gasteiger partial charge on any atom is 0.249 e. The zero-order chi connectivity index (χ0) is 22.1. The Bertz CT molecular complexity index is 1020. The van der Waals surface area contributed by atoms with Crippen molar-refractivity contribution in [3.63, 3.8) is 0 Å². The number of amides is 2. The third kappa shape index (κ3) is 4.37. The molecule has 0 radical (unpaired) electrons. The summed E-state index contributed by atoms with van der Waals surface area (Å²) in [5.41, 5.74) is 1.29. The van der Waals surface area contributed by atoms with Crippen LogP contribution >= 0.6 is 0 Å². The topological polar surface area (TPSA) is 104 Å². The summed E-state index contributed by atoms with van der Waals surface area (Å²) in [4.78, 5) is 25.6. The molecule has 32 heavy (non-hydrogen) atoms. The molecular weight excluding hydrogens is 413 g/mol. The van der Waals surface area contributed by atoms with E-state index in [-0.39, 0.29) is 30.0 Å². The van der Waals surface area contributed by atoms with Gasteiger partial charge in [-0.3, -0.25) is 19.8 Å². The Labute approximate surface area is 185 Å². The Morgan fingerprint density at radius 2 is 1.97 bits per heavy atom. The first-order valence-electron chi connectivity index (χ1n) is 11.3. The van der Waals surface area contributed by atoms with Crippen molar-refractivity contribution in [2.45, 2.75) is 57.3 Å². The second kappa shape index (κ2) is 8.95. The van der Waals surface area contributed by atoms with Gasteiger partial charge < -0.3 is 15.2 Å². The molecule has 2 fully saturated rings. The van der Waals surface area contributed by atoms with Crippen LogP contribution in [0, 0.1) is 5.82 Å². The van der Waals surface area contributed by atoms with Crippen LogP contribution in [0.25, 0.3) is 0 Å². The zero-order valence-corrected chi connectivity index (χ0v) is 17.9. The van der Waals surface area contributed by atoms with E-state index < -0.39 is 6.04 Å². The fourth-order valence-corrected chi connectivity index (χ4v) is 4.85.